The van der Waals surface area contributed by atoms with E-state index in [1.165, 1.54) is 21.3 Å². The Kier molecular flexibility index (Phi) is 7.84. The molecule has 0 radical (unpaired) electrons. The smallest absolute Gasteiger partial charge is 0.414 e. The molecule has 0 fully saturated rings. The van der Waals surface area contributed by atoms with Crippen molar-refractivity contribution in [3.63, 3.8) is 0 Å². The van der Waals surface area contributed by atoms with Gasteiger partial charge in [-0.05, 0) is 44.0 Å². The van der Waals surface area contributed by atoms with Crippen LogP contribution in [0, 0.1) is 11.3 Å². The lowest BCUT2D eigenvalue weighted by Crippen LogP contribution is -2.47. The minimum atomic E-state index is -0.523. The zero-order chi connectivity index (χ0) is 24.8. The number of rotatable bonds is 6. The average molecular weight is 468 g/mol. The fraction of sp³-hybridized carbons (Fsp3) is 0.400. The van der Waals surface area contributed by atoms with E-state index in [2.05, 4.69) is 6.07 Å². The van der Waals surface area contributed by atoms with Crippen LogP contribution in [0.2, 0.25) is 0 Å². The number of hydrogen-bond acceptors (Lipinski definition) is 7. The zero-order valence-electron chi connectivity index (χ0n) is 20.0. The molecule has 9 nitrogen and oxygen atoms in total. The molecule has 1 heterocycles. The molecule has 9 heteroatoms. The Morgan fingerprint density at radius 3 is 2.47 bits per heavy atom. The van der Waals surface area contributed by atoms with Gasteiger partial charge in [0, 0.05) is 24.2 Å². The van der Waals surface area contributed by atoms with Gasteiger partial charge in [0.25, 0.3) is 0 Å². The quantitative estimate of drug-likeness (QED) is 0.610. The van der Waals surface area contributed by atoms with Crippen molar-refractivity contribution in [2.45, 2.75) is 38.9 Å². The van der Waals surface area contributed by atoms with Crippen molar-refractivity contribution in [3.8, 4) is 17.6 Å². The van der Waals surface area contributed by atoms with E-state index in [0.29, 0.717) is 34.7 Å². The first-order chi connectivity index (χ1) is 16.4. The fourth-order valence-corrected chi connectivity index (χ4v) is 4.27. The van der Waals surface area contributed by atoms with Crippen LogP contribution in [0.1, 0.15) is 43.0 Å². The number of anilines is 1. The van der Waals surface area contributed by atoms with Crippen molar-refractivity contribution in [1.82, 2.24) is 4.90 Å². The number of methoxy groups -OCH3 is 3. The summed E-state index contributed by atoms with van der Waals surface area (Å²) in [6, 6.07) is 12.0. The van der Waals surface area contributed by atoms with Gasteiger partial charge < -0.3 is 18.9 Å². The van der Waals surface area contributed by atoms with E-state index in [4.69, 9.17) is 18.9 Å². The summed E-state index contributed by atoms with van der Waals surface area (Å²) in [5.74, 6) is 0.927. The standard InChI is InChI=1S/C25H29N3O6/c1-6-34-25(30)28-16(2)10-20(19-12-22(31-3)23(32-4)13-21(19)28)27(24(29)33-5)15-18-9-7-8-17(11-18)14-26/h7-9,11-13,16,20H,6,10,15H2,1-5H3. The summed E-state index contributed by atoms with van der Waals surface area (Å²) in [5, 5.41) is 9.27. The molecule has 2 aromatic carbocycles. The van der Waals surface area contributed by atoms with Gasteiger partial charge >= 0.3 is 12.2 Å². The maximum absolute atomic E-state index is 13.0. The van der Waals surface area contributed by atoms with Gasteiger partial charge in [-0.1, -0.05) is 12.1 Å². The van der Waals surface area contributed by atoms with Crippen LogP contribution >= 0.6 is 0 Å². The van der Waals surface area contributed by atoms with E-state index in [1.54, 1.807) is 47.1 Å². The lowest BCUT2D eigenvalue weighted by molar-refractivity contribution is 0.0941. The van der Waals surface area contributed by atoms with E-state index in [0.717, 1.165) is 5.56 Å². The van der Waals surface area contributed by atoms with Crippen molar-refractivity contribution in [3.05, 3.63) is 53.1 Å². The molecule has 2 aromatic rings. The van der Waals surface area contributed by atoms with Gasteiger partial charge in [-0.25, -0.2) is 9.59 Å². The van der Waals surface area contributed by atoms with Crippen LogP contribution in [-0.2, 0) is 16.0 Å². The largest absolute Gasteiger partial charge is 0.493 e. The highest BCUT2D eigenvalue weighted by Gasteiger charge is 2.40. The van der Waals surface area contributed by atoms with Crippen LogP contribution in [0.5, 0.6) is 11.5 Å². The van der Waals surface area contributed by atoms with Gasteiger partial charge in [-0.3, -0.25) is 9.80 Å². The Bertz CT molecular complexity index is 1100. The summed E-state index contributed by atoms with van der Waals surface area (Å²) in [6.07, 6.45) is -0.563. The number of carbonyl (C=O) groups is 2. The average Bonchev–Trinajstić information content (AvgIpc) is 2.85. The molecule has 34 heavy (non-hydrogen) atoms. The van der Waals surface area contributed by atoms with Gasteiger partial charge in [0.15, 0.2) is 11.5 Å². The summed E-state index contributed by atoms with van der Waals surface area (Å²) in [7, 11) is 4.37. The number of carbonyl (C=O) groups excluding carboxylic acids is 2. The van der Waals surface area contributed by atoms with Crippen LogP contribution in [0.15, 0.2) is 36.4 Å². The van der Waals surface area contributed by atoms with Gasteiger partial charge in [-0.2, -0.15) is 5.26 Å². The molecule has 3 rings (SSSR count). The SMILES string of the molecule is CCOC(=O)N1c2cc(OC)c(OC)cc2C(N(Cc2cccc(C#N)c2)C(=O)OC)CC1C. The van der Waals surface area contributed by atoms with Crippen LogP contribution in [0.4, 0.5) is 15.3 Å². The highest BCUT2D eigenvalue weighted by Crippen LogP contribution is 2.46. The van der Waals surface area contributed by atoms with Crippen LogP contribution in [-0.4, -0.2) is 51.1 Å². The summed E-state index contributed by atoms with van der Waals surface area (Å²) in [4.78, 5) is 29.0. The maximum atomic E-state index is 13.0. The van der Waals surface area contributed by atoms with Crippen LogP contribution in [0.3, 0.4) is 0 Å². The van der Waals surface area contributed by atoms with E-state index in [-0.39, 0.29) is 19.2 Å². The molecule has 2 unspecified atom stereocenters. The Morgan fingerprint density at radius 1 is 1.15 bits per heavy atom. The first-order valence-corrected chi connectivity index (χ1v) is 10.9. The Balaban J connectivity index is 2.14. The molecule has 0 spiro atoms. The summed E-state index contributed by atoms with van der Waals surface area (Å²) < 4.78 is 21.4. The van der Waals surface area contributed by atoms with Crippen molar-refractivity contribution in [2.24, 2.45) is 0 Å². The number of nitriles is 1. The molecule has 2 atom stereocenters. The molecule has 2 amide bonds. The van der Waals surface area contributed by atoms with Crippen molar-refractivity contribution >= 4 is 17.9 Å². The number of amides is 2. The highest BCUT2D eigenvalue weighted by molar-refractivity contribution is 5.91. The molecule has 1 aliphatic rings. The first-order valence-electron chi connectivity index (χ1n) is 10.9. The summed E-state index contributed by atoms with van der Waals surface area (Å²) in [6.45, 7) is 4.10. The number of hydrogen-bond donors (Lipinski definition) is 0. The maximum Gasteiger partial charge on any atom is 0.414 e. The molecule has 0 aliphatic carbocycles. The zero-order valence-corrected chi connectivity index (χ0v) is 20.0. The van der Waals surface area contributed by atoms with Gasteiger partial charge in [0.1, 0.15) is 0 Å². The highest BCUT2D eigenvalue weighted by atomic mass is 16.6. The second kappa shape index (κ2) is 10.8. The number of fused-ring (bicyclic) bond motifs is 1. The molecule has 0 saturated heterocycles. The molecule has 0 bridgehead atoms. The Labute approximate surface area is 199 Å². The molecule has 1 aliphatic heterocycles. The topological polar surface area (TPSA) is 101 Å². The van der Waals surface area contributed by atoms with Gasteiger partial charge in [-0.15, -0.1) is 0 Å². The van der Waals surface area contributed by atoms with E-state index in [1.807, 2.05) is 13.0 Å². The summed E-state index contributed by atoms with van der Waals surface area (Å²) in [5.41, 5.74) is 2.55. The van der Waals surface area contributed by atoms with Crippen molar-refractivity contribution in [2.75, 3.05) is 32.8 Å². The number of nitrogens with zero attached hydrogens (tertiary/aromatic N) is 3. The van der Waals surface area contributed by atoms with E-state index >= 15 is 0 Å². The predicted octanol–water partition coefficient (Wildman–Crippen LogP) is 4.64. The molecule has 0 aromatic heterocycles. The number of benzene rings is 2. The molecular weight excluding hydrogens is 438 g/mol. The third kappa shape index (κ3) is 4.86. The van der Waals surface area contributed by atoms with Gasteiger partial charge in [0.05, 0.1) is 51.3 Å². The summed E-state index contributed by atoms with van der Waals surface area (Å²) >= 11 is 0. The van der Waals surface area contributed by atoms with E-state index in [9.17, 15) is 14.9 Å². The van der Waals surface area contributed by atoms with Crippen molar-refractivity contribution < 1.29 is 28.5 Å². The van der Waals surface area contributed by atoms with Crippen molar-refractivity contribution in [1.29, 1.82) is 5.26 Å². The fourth-order valence-electron chi connectivity index (χ4n) is 4.27. The molecular formula is C25H29N3O6. The van der Waals surface area contributed by atoms with E-state index < -0.39 is 18.2 Å². The third-order valence-corrected chi connectivity index (χ3v) is 5.82. The minimum Gasteiger partial charge on any atom is -0.493 e. The second-order valence-electron chi connectivity index (χ2n) is 7.85. The van der Waals surface area contributed by atoms with Crippen LogP contribution < -0.4 is 14.4 Å². The third-order valence-electron chi connectivity index (χ3n) is 5.82. The predicted molar refractivity (Wildman–Crippen MR) is 125 cm³/mol. The first kappa shape index (κ1) is 24.7. The second-order valence-corrected chi connectivity index (χ2v) is 7.85. The minimum absolute atomic E-state index is 0.215. The molecule has 0 saturated carbocycles. The number of ether oxygens (including phenoxy) is 4. The Morgan fingerprint density at radius 2 is 1.85 bits per heavy atom. The Hall–Kier alpha value is -3.93. The lowest BCUT2D eigenvalue weighted by Gasteiger charge is -2.42. The normalized spacial score (nSPS) is 16.6. The van der Waals surface area contributed by atoms with Gasteiger partial charge in [0.2, 0.25) is 0 Å². The molecule has 180 valence electrons. The monoisotopic (exact) mass is 467 g/mol. The van der Waals surface area contributed by atoms with Crippen LogP contribution in [0.25, 0.3) is 0 Å². The molecule has 0 N–H and O–H groups in total. The lowest BCUT2D eigenvalue weighted by atomic mass is 9.90.